The fourth-order valence-electron chi connectivity index (χ4n) is 2.64. The molecule has 1 atom stereocenters. The molecule has 0 aliphatic carbocycles. The van der Waals surface area contributed by atoms with Gasteiger partial charge in [0.2, 0.25) is 0 Å². The molecule has 1 aliphatic rings. The maximum Gasteiger partial charge on any atom is 0.330 e. The van der Waals surface area contributed by atoms with Gasteiger partial charge in [0.05, 0.1) is 0 Å². The molecule has 3 amide bonds. The van der Waals surface area contributed by atoms with E-state index in [1.165, 1.54) is 11.3 Å². The number of aromatic nitrogens is 1. The third-order valence-electron chi connectivity index (χ3n) is 3.75. The lowest BCUT2D eigenvalue weighted by Gasteiger charge is -2.19. The van der Waals surface area contributed by atoms with E-state index in [1.807, 2.05) is 37.3 Å². The van der Waals surface area contributed by atoms with Crippen LogP contribution in [0.3, 0.4) is 0 Å². The van der Waals surface area contributed by atoms with Gasteiger partial charge in [0.1, 0.15) is 10.5 Å². The zero-order chi connectivity index (χ0) is 15.7. The monoisotopic (exact) mass is 315 g/mol. The molecule has 1 N–H and O–H groups in total. The maximum absolute atomic E-state index is 12.6. The van der Waals surface area contributed by atoms with E-state index in [9.17, 15) is 9.59 Å². The van der Waals surface area contributed by atoms with Crippen LogP contribution in [0.4, 0.5) is 10.6 Å². The lowest BCUT2D eigenvalue weighted by molar-refractivity contribution is -0.121. The third kappa shape index (κ3) is 2.39. The second kappa shape index (κ2) is 5.53. The number of hydrogen-bond acceptors (Lipinski definition) is 4. The van der Waals surface area contributed by atoms with Gasteiger partial charge < -0.3 is 5.32 Å². The third-order valence-corrected chi connectivity index (χ3v) is 4.63. The number of thiazole rings is 1. The van der Waals surface area contributed by atoms with Crippen molar-refractivity contribution in [2.24, 2.45) is 0 Å². The minimum absolute atomic E-state index is 0.232. The number of benzene rings is 1. The molecule has 0 unspecified atom stereocenters. The molecule has 0 radical (unpaired) electrons. The number of rotatable bonds is 4. The van der Waals surface area contributed by atoms with Gasteiger partial charge in [-0.25, -0.2) is 14.7 Å². The van der Waals surface area contributed by atoms with Crippen LogP contribution in [0.2, 0.25) is 0 Å². The zero-order valence-electron chi connectivity index (χ0n) is 12.5. The van der Waals surface area contributed by atoms with Crippen LogP contribution < -0.4 is 10.2 Å². The quantitative estimate of drug-likeness (QED) is 0.879. The van der Waals surface area contributed by atoms with Gasteiger partial charge in [0.25, 0.3) is 5.91 Å². The van der Waals surface area contributed by atoms with Gasteiger partial charge >= 0.3 is 6.03 Å². The van der Waals surface area contributed by atoms with Crippen molar-refractivity contribution >= 4 is 29.1 Å². The fraction of sp³-hybridized carbons (Fsp3) is 0.312. The molecule has 114 valence electrons. The maximum atomic E-state index is 12.6. The van der Waals surface area contributed by atoms with Crippen molar-refractivity contribution in [3.05, 3.63) is 35.7 Å². The molecule has 22 heavy (non-hydrogen) atoms. The Hall–Kier alpha value is -2.21. The van der Waals surface area contributed by atoms with Crippen molar-refractivity contribution in [1.82, 2.24) is 10.3 Å². The zero-order valence-corrected chi connectivity index (χ0v) is 13.3. The summed E-state index contributed by atoms with van der Waals surface area (Å²) >= 11 is 1.42. The average molecular weight is 315 g/mol. The first-order valence-electron chi connectivity index (χ1n) is 7.23. The molecule has 1 aromatic carbocycles. The van der Waals surface area contributed by atoms with E-state index < -0.39 is 11.6 Å². The van der Waals surface area contributed by atoms with Crippen molar-refractivity contribution in [1.29, 1.82) is 0 Å². The van der Waals surface area contributed by atoms with Crippen LogP contribution >= 0.6 is 11.3 Å². The molecule has 2 heterocycles. The van der Waals surface area contributed by atoms with Crippen molar-refractivity contribution in [3.8, 4) is 10.6 Å². The van der Waals surface area contributed by atoms with Crippen LogP contribution in [0.15, 0.2) is 35.7 Å². The van der Waals surface area contributed by atoms with Crippen LogP contribution in [0, 0.1) is 0 Å². The van der Waals surface area contributed by atoms with E-state index in [4.69, 9.17) is 0 Å². The van der Waals surface area contributed by atoms with Gasteiger partial charge in [0.15, 0.2) is 5.82 Å². The Labute approximate surface area is 133 Å². The number of amides is 3. The number of carbonyl (C=O) groups is 2. The second-order valence-electron chi connectivity index (χ2n) is 5.53. The molecule has 1 aromatic heterocycles. The Balaban J connectivity index is 1.91. The highest BCUT2D eigenvalue weighted by molar-refractivity contribution is 7.13. The summed E-state index contributed by atoms with van der Waals surface area (Å²) in [5, 5.41) is 5.32. The number of carbonyl (C=O) groups excluding carboxylic acids is 2. The van der Waals surface area contributed by atoms with E-state index in [2.05, 4.69) is 10.3 Å². The van der Waals surface area contributed by atoms with Crippen molar-refractivity contribution in [2.75, 3.05) is 4.90 Å². The van der Waals surface area contributed by atoms with Crippen LogP contribution in [0.5, 0.6) is 0 Å². The topological polar surface area (TPSA) is 62.3 Å². The SMILES string of the molecule is CCC[C@]1(C)NC(=O)N(c2csc(-c3ccccc3)n2)C1=O. The normalized spacial score (nSPS) is 21.3. The van der Waals surface area contributed by atoms with Gasteiger partial charge in [0, 0.05) is 10.9 Å². The summed E-state index contributed by atoms with van der Waals surface area (Å²) < 4.78 is 0. The van der Waals surface area contributed by atoms with Crippen LogP contribution in [-0.2, 0) is 4.79 Å². The molecule has 0 spiro atoms. The van der Waals surface area contributed by atoms with Gasteiger partial charge in [-0.3, -0.25) is 4.79 Å². The van der Waals surface area contributed by atoms with E-state index >= 15 is 0 Å². The van der Waals surface area contributed by atoms with Gasteiger partial charge in [-0.15, -0.1) is 11.3 Å². The number of anilines is 1. The Kier molecular flexibility index (Phi) is 3.70. The first-order chi connectivity index (χ1) is 10.5. The largest absolute Gasteiger partial charge is 0.330 e. The van der Waals surface area contributed by atoms with Crippen molar-refractivity contribution < 1.29 is 9.59 Å². The number of urea groups is 1. The van der Waals surface area contributed by atoms with Crippen molar-refractivity contribution in [2.45, 2.75) is 32.2 Å². The molecule has 0 saturated carbocycles. The van der Waals surface area contributed by atoms with Gasteiger partial charge in [-0.2, -0.15) is 0 Å². The summed E-state index contributed by atoms with van der Waals surface area (Å²) in [6, 6.07) is 9.31. The van der Waals surface area contributed by atoms with E-state index in [0.29, 0.717) is 12.2 Å². The summed E-state index contributed by atoms with van der Waals surface area (Å²) in [6.45, 7) is 3.75. The molecular formula is C16H17N3O2S. The minimum atomic E-state index is -0.831. The molecule has 6 heteroatoms. The predicted octanol–water partition coefficient (Wildman–Crippen LogP) is 3.43. The lowest BCUT2D eigenvalue weighted by atomic mass is 9.96. The number of hydrogen-bond donors (Lipinski definition) is 1. The molecule has 3 rings (SSSR count). The highest BCUT2D eigenvalue weighted by atomic mass is 32.1. The Morgan fingerprint density at radius 3 is 2.68 bits per heavy atom. The average Bonchev–Trinajstić information content (AvgIpc) is 3.05. The summed E-state index contributed by atoms with van der Waals surface area (Å²) in [5.74, 6) is 0.162. The molecule has 2 aromatic rings. The molecule has 1 saturated heterocycles. The molecule has 0 bridgehead atoms. The Bertz CT molecular complexity index is 713. The van der Waals surface area contributed by atoms with Gasteiger partial charge in [-0.05, 0) is 13.3 Å². The molecular weight excluding hydrogens is 298 g/mol. The highest BCUT2D eigenvalue weighted by Crippen LogP contribution is 2.32. The fourth-order valence-corrected chi connectivity index (χ4v) is 3.44. The van der Waals surface area contributed by atoms with Crippen LogP contribution in [0.1, 0.15) is 26.7 Å². The Morgan fingerprint density at radius 1 is 1.27 bits per heavy atom. The summed E-state index contributed by atoms with van der Waals surface area (Å²) in [6.07, 6.45) is 1.44. The van der Waals surface area contributed by atoms with E-state index in [1.54, 1.807) is 12.3 Å². The molecule has 5 nitrogen and oxygen atoms in total. The number of imide groups is 1. The smallest absolute Gasteiger partial charge is 0.323 e. The van der Waals surface area contributed by atoms with E-state index in [-0.39, 0.29) is 5.91 Å². The standard InChI is InChI=1S/C16H17N3O2S/c1-3-9-16(2)14(20)19(15(21)18-16)12-10-22-13(17-12)11-7-5-4-6-8-11/h4-8,10H,3,9H2,1-2H3,(H,18,21)/t16-/m0/s1. The lowest BCUT2D eigenvalue weighted by Crippen LogP contribution is -2.43. The predicted molar refractivity (Wildman–Crippen MR) is 86.9 cm³/mol. The summed E-state index contributed by atoms with van der Waals surface area (Å²) in [5.41, 5.74) is 0.143. The number of nitrogens with zero attached hydrogens (tertiary/aromatic N) is 2. The summed E-state index contributed by atoms with van der Waals surface area (Å²) in [4.78, 5) is 30.4. The minimum Gasteiger partial charge on any atom is -0.323 e. The van der Waals surface area contributed by atoms with Crippen LogP contribution in [0.25, 0.3) is 10.6 Å². The first-order valence-corrected chi connectivity index (χ1v) is 8.11. The Morgan fingerprint density at radius 2 is 2.00 bits per heavy atom. The molecule has 1 aliphatic heterocycles. The first kappa shape index (κ1) is 14.7. The molecule has 1 fully saturated rings. The van der Waals surface area contributed by atoms with Crippen LogP contribution in [-0.4, -0.2) is 22.5 Å². The number of nitrogens with one attached hydrogen (secondary N) is 1. The second-order valence-corrected chi connectivity index (χ2v) is 6.39. The summed E-state index contributed by atoms with van der Waals surface area (Å²) in [7, 11) is 0. The van der Waals surface area contributed by atoms with Crippen molar-refractivity contribution in [3.63, 3.8) is 0 Å². The van der Waals surface area contributed by atoms with E-state index in [0.717, 1.165) is 21.9 Å². The highest BCUT2D eigenvalue weighted by Gasteiger charge is 2.48. The van der Waals surface area contributed by atoms with Gasteiger partial charge in [-0.1, -0.05) is 43.7 Å².